The monoisotopic (exact) mass is 295 g/mol. The first kappa shape index (κ1) is 13.8. The highest BCUT2D eigenvalue weighted by Crippen LogP contribution is 2.34. The summed E-state index contributed by atoms with van der Waals surface area (Å²) in [6.45, 7) is 0.419. The maximum Gasteiger partial charge on any atom is 0.123 e. The second-order valence-corrected chi connectivity index (χ2v) is 5.18. The molecular formula is C18H14ClNO. The van der Waals surface area contributed by atoms with E-state index < -0.39 is 0 Å². The molecule has 0 saturated heterocycles. The number of methoxy groups -OCH3 is 1. The van der Waals surface area contributed by atoms with Gasteiger partial charge in [-0.15, -0.1) is 6.42 Å². The van der Waals surface area contributed by atoms with Crippen molar-refractivity contribution in [3.8, 4) is 23.6 Å². The Morgan fingerprint density at radius 2 is 1.95 bits per heavy atom. The van der Waals surface area contributed by atoms with E-state index in [1.807, 2.05) is 48.5 Å². The molecule has 0 aliphatic heterocycles. The molecule has 0 N–H and O–H groups in total. The molecule has 104 valence electrons. The molecular weight excluding hydrogens is 282 g/mol. The normalized spacial score (nSPS) is 10.7. The lowest BCUT2D eigenvalue weighted by atomic mass is 10.1. The van der Waals surface area contributed by atoms with Crippen molar-refractivity contribution < 1.29 is 4.74 Å². The Bertz CT molecular complexity index is 828. The fraction of sp³-hybridized carbons (Fsp3) is 0.111. The first-order valence-corrected chi connectivity index (χ1v) is 6.96. The predicted octanol–water partition coefficient (Wildman–Crippen LogP) is 4.55. The van der Waals surface area contributed by atoms with Crippen LogP contribution in [0, 0.1) is 12.3 Å². The van der Waals surface area contributed by atoms with E-state index in [9.17, 15) is 0 Å². The van der Waals surface area contributed by atoms with E-state index in [1.54, 1.807) is 7.11 Å². The maximum absolute atomic E-state index is 6.14. The average molecular weight is 296 g/mol. The van der Waals surface area contributed by atoms with Gasteiger partial charge in [-0.1, -0.05) is 53.9 Å². The number of aromatic nitrogens is 1. The summed E-state index contributed by atoms with van der Waals surface area (Å²) >= 11 is 6.14. The molecule has 3 heteroatoms. The van der Waals surface area contributed by atoms with Crippen LogP contribution in [0.25, 0.3) is 22.2 Å². The quantitative estimate of drug-likeness (QED) is 0.647. The fourth-order valence-electron chi connectivity index (χ4n) is 2.63. The molecule has 0 bridgehead atoms. The number of nitrogens with zero attached hydrogens (tertiary/aromatic N) is 1. The smallest absolute Gasteiger partial charge is 0.123 e. The third-order valence-corrected chi connectivity index (χ3v) is 3.71. The fourth-order valence-corrected chi connectivity index (χ4v) is 2.79. The van der Waals surface area contributed by atoms with E-state index in [-0.39, 0.29) is 0 Å². The molecule has 0 unspecified atom stereocenters. The van der Waals surface area contributed by atoms with Crippen LogP contribution in [0.15, 0.2) is 48.5 Å². The molecule has 0 aliphatic carbocycles. The second-order valence-electron chi connectivity index (χ2n) is 4.74. The number of halogens is 1. The number of fused-ring (bicyclic) bond motifs is 1. The number of ether oxygens (including phenoxy) is 1. The zero-order valence-electron chi connectivity index (χ0n) is 11.6. The molecule has 0 saturated carbocycles. The van der Waals surface area contributed by atoms with Crippen LogP contribution in [0.3, 0.4) is 0 Å². The van der Waals surface area contributed by atoms with Crippen LogP contribution in [-0.4, -0.2) is 11.7 Å². The van der Waals surface area contributed by atoms with Crippen molar-refractivity contribution in [2.45, 2.75) is 6.73 Å². The van der Waals surface area contributed by atoms with Gasteiger partial charge in [0, 0.05) is 17.5 Å². The van der Waals surface area contributed by atoms with Gasteiger partial charge < -0.3 is 9.30 Å². The highest BCUT2D eigenvalue weighted by atomic mass is 35.5. The predicted molar refractivity (Wildman–Crippen MR) is 87.3 cm³/mol. The lowest BCUT2D eigenvalue weighted by Crippen LogP contribution is -2.02. The van der Waals surface area contributed by atoms with E-state index in [0.717, 1.165) is 27.7 Å². The number of rotatable bonds is 3. The third kappa shape index (κ3) is 2.31. The maximum atomic E-state index is 6.14. The Morgan fingerprint density at radius 1 is 1.19 bits per heavy atom. The molecule has 2 aromatic carbocycles. The molecule has 21 heavy (non-hydrogen) atoms. The van der Waals surface area contributed by atoms with Gasteiger partial charge in [0.25, 0.3) is 0 Å². The van der Waals surface area contributed by atoms with Gasteiger partial charge in [-0.05, 0) is 17.7 Å². The minimum atomic E-state index is 0.419. The summed E-state index contributed by atoms with van der Waals surface area (Å²) in [6.07, 6.45) is 5.76. The Balaban J connectivity index is 2.41. The minimum absolute atomic E-state index is 0.419. The average Bonchev–Trinajstić information content (AvgIpc) is 2.82. The van der Waals surface area contributed by atoms with Gasteiger partial charge in [0.2, 0.25) is 0 Å². The lowest BCUT2D eigenvalue weighted by Gasteiger charge is -2.10. The molecule has 3 rings (SSSR count). The molecule has 0 radical (unpaired) electrons. The number of hydrogen-bond acceptors (Lipinski definition) is 1. The van der Waals surface area contributed by atoms with Crippen LogP contribution in [0.2, 0.25) is 5.02 Å². The van der Waals surface area contributed by atoms with Gasteiger partial charge in [0.15, 0.2) is 0 Å². The van der Waals surface area contributed by atoms with Crippen molar-refractivity contribution in [1.82, 2.24) is 4.57 Å². The summed E-state index contributed by atoms with van der Waals surface area (Å²) in [7, 11) is 1.67. The van der Waals surface area contributed by atoms with E-state index in [0.29, 0.717) is 11.8 Å². The standard InChI is InChI=1S/C18H14ClNO/c1-3-15-16-10-9-14(19)11-17(16)20(12-21-2)18(15)13-7-5-4-6-8-13/h1,4-11H,12H2,2H3. The van der Waals surface area contributed by atoms with Crippen molar-refractivity contribution in [3.63, 3.8) is 0 Å². The lowest BCUT2D eigenvalue weighted by molar-refractivity contribution is 0.136. The van der Waals surface area contributed by atoms with Gasteiger partial charge in [0.05, 0.1) is 16.8 Å². The van der Waals surface area contributed by atoms with Crippen LogP contribution < -0.4 is 0 Å². The summed E-state index contributed by atoms with van der Waals surface area (Å²) in [5, 5.41) is 1.69. The van der Waals surface area contributed by atoms with Crippen molar-refractivity contribution in [3.05, 3.63) is 59.1 Å². The highest BCUT2D eigenvalue weighted by molar-refractivity contribution is 6.31. The van der Waals surface area contributed by atoms with Crippen LogP contribution in [0.5, 0.6) is 0 Å². The largest absolute Gasteiger partial charge is 0.364 e. The van der Waals surface area contributed by atoms with Crippen molar-refractivity contribution in [1.29, 1.82) is 0 Å². The third-order valence-electron chi connectivity index (χ3n) is 3.48. The molecule has 0 atom stereocenters. The summed E-state index contributed by atoms with van der Waals surface area (Å²) < 4.78 is 7.41. The van der Waals surface area contributed by atoms with E-state index >= 15 is 0 Å². The number of hydrogen-bond donors (Lipinski definition) is 0. The van der Waals surface area contributed by atoms with Crippen LogP contribution in [0.1, 0.15) is 5.56 Å². The SMILES string of the molecule is C#Cc1c(-c2ccccc2)n(COC)c2cc(Cl)ccc12. The highest BCUT2D eigenvalue weighted by Gasteiger charge is 2.17. The molecule has 0 aliphatic rings. The van der Waals surface area contributed by atoms with Crippen LogP contribution >= 0.6 is 11.6 Å². The van der Waals surface area contributed by atoms with Crippen molar-refractivity contribution in [2.75, 3.05) is 7.11 Å². The summed E-state index contributed by atoms with van der Waals surface area (Å²) in [4.78, 5) is 0. The molecule has 2 nitrogen and oxygen atoms in total. The molecule has 0 amide bonds. The van der Waals surface area contributed by atoms with E-state index in [2.05, 4.69) is 10.5 Å². The van der Waals surface area contributed by atoms with Gasteiger partial charge >= 0.3 is 0 Å². The second kappa shape index (κ2) is 5.65. The van der Waals surface area contributed by atoms with Gasteiger partial charge in [0.1, 0.15) is 6.73 Å². The van der Waals surface area contributed by atoms with Crippen molar-refractivity contribution in [2.24, 2.45) is 0 Å². The van der Waals surface area contributed by atoms with Gasteiger partial charge in [-0.25, -0.2) is 0 Å². The Morgan fingerprint density at radius 3 is 2.62 bits per heavy atom. The number of benzene rings is 2. The van der Waals surface area contributed by atoms with Crippen LogP contribution in [-0.2, 0) is 11.5 Å². The summed E-state index contributed by atoms with van der Waals surface area (Å²) in [5.41, 5.74) is 3.90. The zero-order valence-corrected chi connectivity index (χ0v) is 12.4. The van der Waals surface area contributed by atoms with Gasteiger partial charge in [-0.3, -0.25) is 0 Å². The summed E-state index contributed by atoms with van der Waals surface area (Å²) in [5.74, 6) is 2.82. The molecule has 0 fully saturated rings. The molecule has 1 heterocycles. The first-order chi connectivity index (χ1) is 10.3. The topological polar surface area (TPSA) is 14.2 Å². The Kier molecular flexibility index (Phi) is 3.70. The molecule has 1 aromatic heterocycles. The van der Waals surface area contributed by atoms with Crippen molar-refractivity contribution >= 4 is 22.5 Å². The minimum Gasteiger partial charge on any atom is -0.364 e. The zero-order chi connectivity index (χ0) is 14.8. The summed E-state index contributed by atoms with van der Waals surface area (Å²) in [6, 6.07) is 15.8. The Labute approximate surface area is 128 Å². The van der Waals surface area contributed by atoms with Crippen LogP contribution in [0.4, 0.5) is 0 Å². The number of terminal acetylenes is 1. The van der Waals surface area contributed by atoms with E-state index in [1.165, 1.54) is 0 Å². The molecule has 0 spiro atoms. The first-order valence-electron chi connectivity index (χ1n) is 6.59. The molecule has 3 aromatic rings. The van der Waals surface area contributed by atoms with Gasteiger partial charge in [-0.2, -0.15) is 0 Å². The Hall–Kier alpha value is -2.21. The van der Waals surface area contributed by atoms with E-state index in [4.69, 9.17) is 22.8 Å².